The van der Waals surface area contributed by atoms with Crippen molar-refractivity contribution >= 4 is 11.9 Å². The van der Waals surface area contributed by atoms with Crippen LogP contribution in [0.3, 0.4) is 0 Å². The highest BCUT2D eigenvalue weighted by Crippen LogP contribution is 2.20. The van der Waals surface area contributed by atoms with E-state index < -0.39 is 18.0 Å². The molecule has 0 saturated carbocycles. The van der Waals surface area contributed by atoms with Gasteiger partial charge in [0.15, 0.2) is 0 Å². The number of carbonyl (C=O) groups is 2. The number of hydrogen-bond acceptors (Lipinski definition) is 4. The predicted molar refractivity (Wildman–Crippen MR) is 85.2 cm³/mol. The Balaban J connectivity index is 2.73. The second-order valence-corrected chi connectivity index (χ2v) is 5.10. The van der Waals surface area contributed by atoms with E-state index in [0.717, 1.165) is 25.7 Å². The number of methoxy groups -OCH3 is 1. The topological polar surface area (TPSA) is 52.6 Å². The molecule has 0 aromatic heterocycles. The van der Waals surface area contributed by atoms with E-state index in [1.807, 2.05) is 12.1 Å². The van der Waals surface area contributed by atoms with E-state index in [4.69, 9.17) is 9.47 Å². The zero-order valence-corrected chi connectivity index (χ0v) is 13.5. The lowest BCUT2D eigenvalue weighted by atomic mass is 10.1. The first kappa shape index (κ1) is 18.0. The number of ether oxygens (including phenoxy) is 2. The number of carbonyl (C=O) groups excluding carboxylic acids is 2. The first-order valence-corrected chi connectivity index (χ1v) is 7.60. The summed E-state index contributed by atoms with van der Waals surface area (Å²) in [6.45, 7) is 3.83. The van der Waals surface area contributed by atoms with Gasteiger partial charge in [-0.25, -0.2) is 9.59 Å². The van der Waals surface area contributed by atoms with E-state index >= 15 is 0 Å². The maximum atomic E-state index is 12.1. The van der Waals surface area contributed by atoms with Gasteiger partial charge < -0.3 is 9.47 Å². The van der Waals surface area contributed by atoms with E-state index in [2.05, 4.69) is 6.92 Å². The van der Waals surface area contributed by atoms with Gasteiger partial charge in [-0.3, -0.25) is 0 Å². The van der Waals surface area contributed by atoms with Crippen molar-refractivity contribution in [1.29, 1.82) is 0 Å². The number of rotatable bonds is 8. The summed E-state index contributed by atoms with van der Waals surface area (Å²) in [4.78, 5) is 24.0. The molecule has 1 aromatic carbocycles. The van der Waals surface area contributed by atoms with Gasteiger partial charge in [-0.05, 0) is 19.8 Å². The molecule has 0 heterocycles. The van der Waals surface area contributed by atoms with E-state index in [0.29, 0.717) is 11.1 Å². The number of unbranched alkanes of at least 4 members (excludes halogenated alkanes) is 3. The van der Waals surface area contributed by atoms with Gasteiger partial charge in [-0.15, -0.1) is 0 Å². The highest BCUT2D eigenvalue weighted by atomic mass is 16.6. The van der Waals surface area contributed by atoms with Gasteiger partial charge in [0, 0.05) is 11.1 Å². The fourth-order valence-electron chi connectivity index (χ4n) is 1.98. The molecule has 0 bridgehead atoms. The minimum atomic E-state index is -1.03. The van der Waals surface area contributed by atoms with E-state index in [-0.39, 0.29) is 0 Å². The maximum Gasteiger partial charge on any atom is 0.351 e. The lowest BCUT2D eigenvalue weighted by molar-refractivity contribution is -0.164. The third-order valence-corrected chi connectivity index (χ3v) is 3.32. The summed E-state index contributed by atoms with van der Waals surface area (Å²) in [7, 11) is 1.28. The molecule has 1 atom stereocenters. The average molecular weight is 304 g/mol. The van der Waals surface area contributed by atoms with Gasteiger partial charge in [-0.1, -0.05) is 56.2 Å². The summed E-state index contributed by atoms with van der Waals surface area (Å²) in [6.07, 6.45) is 4.97. The molecule has 0 N–H and O–H groups in total. The largest absolute Gasteiger partial charge is 0.466 e. The van der Waals surface area contributed by atoms with Crippen LogP contribution in [0.4, 0.5) is 0 Å². The second-order valence-electron chi connectivity index (χ2n) is 5.10. The van der Waals surface area contributed by atoms with Crippen LogP contribution in [0.2, 0.25) is 0 Å². The van der Waals surface area contributed by atoms with Gasteiger partial charge in [0.05, 0.1) is 7.11 Å². The van der Waals surface area contributed by atoms with Crippen LogP contribution in [0.1, 0.15) is 51.2 Å². The summed E-state index contributed by atoms with van der Waals surface area (Å²) >= 11 is 0. The molecule has 4 heteroatoms. The molecule has 0 fully saturated rings. The molecule has 0 radical (unpaired) electrons. The first-order chi connectivity index (χ1) is 10.6. The third-order valence-electron chi connectivity index (χ3n) is 3.32. The Morgan fingerprint density at radius 3 is 2.45 bits per heavy atom. The lowest BCUT2D eigenvalue weighted by Crippen LogP contribution is -2.21. The molecule has 0 spiro atoms. The molecular weight excluding hydrogens is 280 g/mol. The van der Waals surface area contributed by atoms with E-state index in [9.17, 15) is 9.59 Å². The van der Waals surface area contributed by atoms with Gasteiger partial charge >= 0.3 is 11.9 Å². The fourth-order valence-corrected chi connectivity index (χ4v) is 1.98. The van der Waals surface area contributed by atoms with Crippen molar-refractivity contribution in [2.75, 3.05) is 7.11 Å². The van der Waals surface area contributed by atoms with Crippen molar-refractivity contribution < 1.29 is 19.1 Å². The van der Waals surface area contributed by atoms with Gasteiger partial charge in [0.25, 0.3) is 0 Å². The number of hydrogen-bond donors (Lipinski definition) is 0. The van der Waals surface area contributed by atoms with Gasteiger partial charge in [0.1, 0.15) is 0 Å². The van der Waals surface area contributed by atoms with E-state index in [1.165, 1.54) is 7.11 Å². The van der Waals surface area contributed by atoms with Crippen molar-refractivity contribution in [2.45, 2.75) is 45.6 Å². The second kappa shape index (κ2) is 9.77. The van der Waals surface area contributed by atoms with Gasteiger partial charge in [-0.2, -0.15) is 0 Å². The molecule has 0 aliphatic rings. The molecule has 4 nitrogen and oxygen atoms in total. The zero-order chi connectivity index (χ0) is 16.4. The summed E-state index contributed by atoms with van der Waals surface area (Å²) in [5.41, 5.74) is 1.11. The van der Waals surface area contributed by atoms with Crippen molar-refractivity contribution in [3.05, 3.63) is 47.5 Å². The molecule has 0 amide bonds. The summed E-state index contributed by atoms with van der Waals surface area (Å²) in [6, 6.07) is 8.86. The van der Waals surface area contributed by atoms with Crippen LogP contribution in [0.5, 0.6) is 0 Å². The lowest BCUT2D eigenvalue weighted by Gasteiger charge is -2.16. The summed E-state index contributed by atoms with van der Waals surface area (Å²) < 4.78 is 10.1. The normalized spacial score (nSPS) is 12.6. The standard InChI is InChI=1S/C18H24O4/c1-4-5-6-8-11-14(2)17(19)22-16(18(20)21-3)15-12-9-7-10-13-15/h7,9-13,16H,4-6,8H2,1-3H3. The minimum Gasteiger partial charge on any atom is -0.466 e. The van der Waals surface area contributed by atoms with Crippen LogP contribution in [0, 0.1) is 0 Å². The Bertz CT molecular complexity index is 505. The summed E-state index contributed by atoms with van der Waals surface area (Å²) in [5.74, 6) is -1.07. The Kier molecular flexibility index (Phi) is 7.97. The highest BCUT2D eigenvalue weighted by Gasteiger charge is 2.26. The minimum absolute atomic E-state index is 0.490. The number of esters is 2. The van der Waals surface area contributed by atoms with Crippen molar-refractivity contribution in [1.82, 2.24) is 0 Å². The Hall–Kier alpha value is -2.10. The maximum absolute atomic E-state index is 12.1. The van der Waals surface area contributed by atoms with Crippen LogP contribution >= 0.6 is 0 Å². The fraction of sp³-hybridized carbons (Fsp3) is 0.444. The third kappa shape index (κ3) is 5.72. The molecule has 1 unspecified atom stereocenters. The monoisotopic (exact) mass is 304 g/mol. The Morgan fingerprint density at radius 1 is 1.18 bits per heavy atom. The summed E-state index contributed by atoms with van der Waals surface area (Å²) in [5, 5.41) is 0. The average Bonchev–Trinajstić information content (AvgIpc) is 2.56. The van der Waals surface area contributed by atoms with Gasteiger partial charge in [0.2, 0.25) is 6.10 Å². The molecule has 1 aromatic rings. The van der Waals surface area contributed by atoms with E-state index in [1.54, 1.807) is 31.2 Å². The number of benzene rings is 1. The molecule has 0 aliphatic carbocycles. The van der Waals surface area contributed by atoms with Crippen LogP contribution in [-0.4, -0.2) is 19.0 Å². The Labute approximate surface area is 132 Å². The quantitative estimate of drug-likeness (QED) is 0.414. The zero-order valence-electron chi connectivity index (χ0n) is 13.5. The molecular formula is C18H24O4. The molecule has 22 heavy (non-hydrogen) atoms. The van der Waals surface area contributed by atoms with Crippen molar-refractivity contribution in [2.24, 2.45) is 0 Å². The Morgan fingerprint density at radius 2 is 1.86 bits per heavy atom. The van der Waals surface area contributed by atoms with Crippen LogP contribution in [-0.2, 0) is 19.1 Å². The predicted octanol–water partition coefficient (Wildman–Crippen LogP) is 3.97. The van der Waals surface area contributed by atoms with Crippen LogP contribution in [0.15, 0.2) is 42.0 Å². The molecule has 120 valence electrons. The van der Waals surface area contributed by atoms with Crippen molar-refractivity contribution in [3.8, 4) is 0 Å². The van der Waals surface area contributed by atoms with Crippen molar-refractivity contribution in [3.63, 3.8) is 0 Å². The SMILES string of the molecule is CCCCCC=C(C)C(=O)OC(C(=O)OC)c1ccccc1. The number of allylic oxidation sites excluding steroid dienone is 1. The smallest absolute Gasteiger partial charge is 0.351 e. The van der Waals surface area contributed by atoms with Crippen LogP contribution < -0.4 is 0 Å². The van der Waals surface area contributed by atoms with Crippen LogP contribution in [0.25, 0.3) is 0 Å². The first-order valence-electron chi connectivity index (χ1n) is 7.60. The molecule has 1 rings (SSSR count). The molecule has 0 aliphatic heterocycles. The highest BCUT2D eigenvalue weighted by molar-refractivity contribution is 5.90. The molecule has 0 saturated heterocycles.